The summed E-state index contributed by atoms with van der Waals surface area (Å²) in [6.07, 6.45) is 6.49. The molecule has 24 heavy (non-hydrogen) atoms. The number of nitrogens with zero attached hydrogens (tertiary/aromatic N) is 3. The lowest BCUT2D eigenvalue weighted by atomic mass is 9.83. The number of hydrogen-bond acceptors (Lipinski definition) is 5. The first-order valence-corrected chi connectivity index (χ1v) is 8.88. The molecule has 0 unspecified atom stereocenters. The largest absolute Gasteiger partial charge is 0.468 e. The quantitative estimate of drug-likeness (QED) is 0.890. The van der Waals surface area contributed by atoms with Crippen molar-refractivity contribution in [3.8, 4) is 6.07 Å². The van der Waals surface area contributed by atoms with Gasteiger partial charge in [-0.15, -0.1) is 0 Å². The van der Waals surface area contributed by atoms with Gasteiger partial charge in [0.25, 0.3) is 0 Å². The summed E-state index contributed by atoms with van der Waals surface area (Å²) in [4.78, 5) is 16.9. The van der Waals surface area contributed by atoms with Crippen molar-refractivity contribution in [1.82, 2.24) is 15.1 Å². The summed E-state index contributed by atoms with van der Waals surface area (Å²) in [5.74, 6) is 0.965. The van der Waals surface area contributed by atoms with Crippen molar-refractivity contribution in [3.63, 3.8) is 0 Å². The number of nitrogens with one attached hydrogen (secondary N) is 1. The topological polar surface area (TPSA) is 72.5 Å². The summed E-state index contributed by atoms with van der Waals surface area (Å²) >= 11 is 0. The van der Waals surface area contributed by atoms with Gasteiger partial charge in [0.15, 0.2) is 0 Å². The molecule has 0 bridgehead atoms. The Balaban J connectivity index is 1.42. The second-order valence-corrected chi connectivity index (χ2v) is 6.93. The highest BCUT2D eigenvalue weighted by Crippen LogP contribution is 2.27. The van der Waals surface area contributed by atoms with E-state index >= 15 is 0 Å². The minimum absolute atomic E-state index is 0.0158. The first-order chi connectivity index (χ1) is 11.7. The second kappa shape index (κ2) is 7.82. The molecule has 1 aromatic rings. The number of piperazine rings is 1. The zero-order valence-electron chi connectivity index (χ0n) is 14.2. The van der Waals surface area contributed by atoms with Gasteiger partial charge in [-0.1, -0.05) is 19.3 Å². The van der Waals surface area contributed by atoms with E-state index < -0.39 is 5.54 Å². The van der Waals surface area contributed by atoms with Crippen molar-refractivity contribution in [2.24, 2.45) is 0 Å². The minimum Gasteiger partial charge on any atom is -0.468 e. The van der Waals surface area contributed by atoms with Gasteiger partial charge in [0.2, 0.25) is 5.91 Å². The highest BCUT2D eigenvalue weighted by molar-refractivity contribution is 5.79. The van der Waals surface area contributed by atoms with Gasteiger partial charge in [-0.3, -0.25) is 14.6 Å². The van der Waals surface area contributed by atoms with E-state index in [4.69, 9.17) is 4.42 Å². The van der Waals surface area contributed by atoms with Crippen molar-refractivity contribution >= 4 is 5.91 Å². The average Bonchev–Trinajstić information content (AvgIpc) is 3.10. The highest BCUT2D eigenvalue weighted by Gasteiger charge is 2.34. The van der Waals surface area contributed by atoms with E-state index in [0.29, 0.717) is 6.54 Å². The molecule has 6 heteroatoms. The Morgan fingerprint density at radius 2 is 1.92 bits per heavy atom. The number of rotatable bonds is 5. The Labute approximate surface area is 143 Å². The summed E-state index contributed by atoms with van der Waals surface area (Å²) in [5, 5.41) is 12.5. The molecule has 0 spiro atoms. The Bertz CT molecular complexity index is 564. The maximum Gasteiger partial charge on any atom is 0.235 e. The molecule has 1 aliphatic carbocycles. The average molecular weight is 330 g/mol. The fourth-order valence-electron chi connectivity index (χ4n) is 3.66. The van der Waals surface area contributed by atoms with Crippen LogP contribution in [0.2, 0.25) is 0 Å². The van der Waals surface area contributed by atoms with Crippen LogP contribution < -0.4 is 5.32 Å². The smallest absolute Gasteiger partial charge is 0.235 e. The van der Waals surface area contributed by atoms with Crippen LogP contribution in [0.5, 0.6) is 0 Å². The summed E-state index contributed by atoms with van der Waals surface area (Å²) < 4.78 is 5.39. The van der Waals surface area contributed by atoms with Crippen molar-refractivity contribution in [1.29, 1.82) is 5.26 Å². The number of furan rings is 1. The monoisotopic (exact) mass is 330 g/mol. The molecule has 130 valence electrons. The molecule has 3 rings (SSSR count). The van der Waals surface area contributed by atoms with E-state index in [0.717, 1.165) is 70.6 Å². The number of carbonyl (C=O) groups excluding carboxylic acids is 1. The Morgan fingerprint density at radius 1 is 1.21 bits per heavy atom. The first kappa shape index (κ1) is 17.0. The van der Waals surface area contributed by atoms with Crippen molar-refractivity contribution < 1.29 is 9.21 Å². The molecule has 1 N–H and O–H groups in total. The SMILES string of the molecule is N#CC1(NC(=O)CN2CCN(Cc3ccco3)CC2)CCCCC1. The fourth-order valence-corrected chi connectivity index (χ4v) is 3.66. The van der Waals surface area contributed by atoms with Gasteiger partial charge in [-0.25, -0.2) is 0 Å². The number of nitriles is 1. The third kappa shape index (κ3) is 4.37. The number of amides is 1. The predicted molar refractivity (Wildman–Crippen MR) is 90.0 cm³/mol. The van der Waals surface area contributed by atoms with Crippen molar-refractivity contribution in [2.75, 3.05) is 32.7 Å². The molecular weight excluding hydrogens is 304 g/mol. The van der Waals surface area contributed by atoms with Gasteiger partial charge >= 0.3 is 0 Å². The van der Waals surface area contributed by atoms with Gasteiger partial charge in [0.05, 0.1) is 25.4 Å². The lowest BCUT2D eigenvalue weighted by Gasteiger charge is -2.35. The fraction of sp³-hybridized carbons (Fsp3) is 0.667. The Hall–Kier alpha value is -1.84. The van der Waals surface area contributed by atoms with Crippen LogP contribution in [0, 0.1) is 11.3 Å². The number of carbonyl (C=O) groups is 1. The van der Waals surface area contributed by atoms with Crippen LogP contribution in [0.3, 0.4) is 0 Å². The van der Waals surface area contributed by atoms with E-state index in [1.807, 2.05) is 12.1 Å². The van der Waals surface area contributed by atoms with E-state index in [1.54, 1.807) is 6.26 Å². The van der Waals surface area contributed by atoms with E-state index in [-0.39, 0.29) is 5.91 Å². The zero-order chi connectivity index (χ0) is 16.8. The third-order valence-corrected chi connectivity index (χ3v) is 5.09. The van der Waals surface area contributed by atoms with Gasteiger partial charge in [0, 0.05) is 26.2 Å². The van der Waals surface area contributed by atoms with Crippen LogP contribution in [-0.4, -0.2) is 54.0 Å². The van der Waals surface area contributed by atoms with Crippen LogP contribution in [-0.2, 0) is 11.3 Å². The minimum atomic E-state index is -0.629. The van der Waals surface area contributed by atoms with Crippen molar-refractivity contribution in [3.05, 3.63) is 24.2 Å². The lowest BCUT2D eigenvalue weighted by molar-refractivity contribution is -0.124. The highest BCUT2D eigenvalue weighted by atomic mass is 16.3. The third-order valence-electron chi connectivity index (χ3n) is 5.09. The van der Waals surface area contributed by atoms with Gasteiger partial charge in [-0.2, -0.15) is 5.26 Å². The normalized spacial score (nSPS) is 22.0. The summed E-state index contributed by atoms with van der Waals surface area (Å²) in [6.45, 7) is 4.80. The first-order valence-electron chi connectivity index (χ1n) is 8.88. The van der Waals surface area contributed by atoms with Gasteiger partial charge in [0.1, 0.15) is 11.3 Å². The van der Waals surface area contributed by atoms with Crippen LogP contribution in [0.15, 0.2) is 22.8 Å². The lowest BCUT2D eigenvalue weighted by Crippen LogP contribution is -2.54. The molecule has 0 radical (unpaired) electrons. The summed E-state index contributed by atoms with van der Waals surface area (Å²) in [5.41, 5.74) is -0.629. The maximum atomic E-state index is 12.3. The molecule has 1 amide bonds. The van der Waals surface area contributed by atoms with Crippen LogP contribution in [0.4, 0.5) is 0 Å². The molecule has 2 fully saturated rings. The van der Waals surface area contributed by atoms with Crippen LogP contribution in [0.25, 0.3) is 0 Å². The molecule has 2 aliphatic rings. The van der Waals surface area contributed by atoms with Gasteiger partial charge < -0.3 is 9.73 Å². The van der Waals surface area contributed by atoms with E-state index in [9.17, 15) is 10.1 Å². The standard InChI is InChI=1S/C18H26N4O2/c19-15-18(6-2-1-3-7-18)20-17(23)14-22-10-8-21(9-11-22)13-16-5-4-12-24-16/h4-5,12H,1-3,6-11,13-14H2,(H,20,23). The summed E-state index contributed by atoms with van der Waals surface area (Å²) in [7, 11) is 0. The molecule has 1 saturated carbocycles. The second-order valence-electron chi connectivity index (χ2n) is 6.93. The maximum absolute atomic E-state index is 12.3. The molecule has 2 heterocycles. The van der Waals surface area contributed by atoms with Gasteiger partial charge in [-0.05, 0) is 25.0 Å². The zero-order valence-corrected chi connectivity index (χ0v) is 14.2. The molecular formula is C18H26N4O2. The Kier molecular flexibility index (Phi) is 5.54. The summed E-state index contributed by atoms with van der Waals surface area (Å²) in [6, 6.07) is 6.25. The van der Waals surface area contributed by atoms with Crippen LogP contribution >= 0.6 is 0 Å². The predicted octanol–water partition coefficient (Wildman–Crippen LogP) is 1.74. The van der Waals surface area contributed by atoms with E-state index in [1.165, 1.54) is 0 Å². The number of hydrogen-bond donors (Lipinski definition) is 1. The van der Waals surface area contributed by atoms with Crippen molar-refractivity contribution in [2.45, 2.75) is 44.2 Å². The van der Waals surface area contributed by atoms with Crippen LogP contribution in [0.1, 0.15) is 37.9 Å². The van der Waals surface area contributed by atoms with E-state index in [2.05, 4.69) is 21.2 Å². The molecule has 6 nitrogen and oxygen atoms in total. The molecule has 1 saturated heterocycles. The molecule has 0 aromatic carbocycles. The molecule has 0 atom stereocenters. The Morgan fingerprint density at radius 3 is 2.54 bits per heavy atom. The molecule has 1 aromatic heterocycles. The molecule has 1 aliphatic heterocycles.